The number of allylic oxidation sites excluding steroid dienone is 1. The Kier molecular flexibility index (Phi) is 5.43. The molecular weight excluding hydrogens is 360 g/mol. The van der Waals surface area contributed by atoms with Gasteiger partial charge in [-0.15, -0.1) is 0 Å². The van der Waals surface area contributed by atoms with Gasteiger partial charge in [-0.1, -0.05) is 13.8 Å². The van der Waals surface area contributed by atoms with Crippen LogP contribution in [0.2, 0.25) is 0 Å². The molecule has 4 rings (SSSR count). The van der Waals surface area contributed by atoms with E-state index in [0.29, 0.717) is 23.5 Å². The number of Topliss-reactive ketones (excluding diaryl/α,β-unsaturated/α-hetero) is 1. The monoisotopic (exact) mass is 402 g/mol. The van der Waals surface area contributed by atoms with Crippen LogP contribution in [0.5, 0.6) is 0 Å². The second-order valence-corrected chi connectivity index (χ2v) is 11.7. The van der Waals surface area contributed by atoms with Crippen molar-refractivity contribution < 1.29 is 9.90 Å². The lowest BCUT2D eigenvalue weighted by atomic mass is 9.44. The van der Waals surface area contributed by atoms with E-state index in [9.17, 15) is 9.90 Å². The van der Waals surface area contributed by atoms with E-state index in [-0.39, 0.29) is 10.8 Å². The van der Waals surface area contributed by atoms with Gasteiger partial charge in [-0.3, -0.25) is 4.79 Å². The van der Waals surface area contributed by atoms with E-state index in [0.717, 1.165) is 50.3 Å². The van der Waals surface area contributed by atoms with E-state index in [2.05, 4.69) is 45.1 Å². The van der Waals surface area contributed by atoms with Crippen molar-refractivity contribution >= 4 is 5.78 Å². The lowest BCUT2D eigenvalue weighted by Gasteiger charge is -2.61. The van der Waals surface area contributed by atoms with Gasteiger partial charge < -0.3 is 15.3 Å². The van der Waals surface area contributed by atoms with Crippen molar-refractivity contribution in [2.75, 3.05) is 27.2 Å². The van der Waals surface area contributed by atoms with E-state index >= 15 is 0 Å². The molecule has 0 saturated heterocycles. The number of aliphatic hydroxyl groups is 1. The van der Waals surface area contributed by atoms with Gasteiger partial charge in [0.1, 0.15) is 0 Å². The summed E-state index contributed by atoms with van der Waals surface area (Å²) in [4.78, 5) is 15.0. The Morgan fingerprint density at radius 3 is 2.55 bits per heavy atom. The minimum atomic E-state index is -0.510. The summed E-state index contributed by atoms with van der Waals surface area (Å²) >= 11 is 0. The molecule has 29 heavy (non-hydrogen) atoms. The lowest BCUT2D eigenvalue weighted by Crippen LogP contribution is -2.56. The van der Waals surface area contributed by atoms with Gasteiger partial charge in [0.05, 0.1) is 5.60 Å². The number of nitrogens with zero attached hydrogens (tertiary/aromatic N) is 1. The molecule has 0 aromatic carbocycles. The van der Waals surface area contributed by atoms with Crippen molar-refractivity contribution in [1.82, 2.24) is 10.2 Å². The Hall–Kier alpha value is -0.870. The van der Waals surface area contributed by atoms with Crippen molar-refractivity contribution in [3.05, 3.63) is 11.8 Å². The summed E-state index contributed by atoms with van der Waals surface area (Å²) in [7, 11) is 4.15. The highest BCUT2D eigenvalue weighted by Crippen LogP contribution is 2.68. The van der Waals surface area contributed by atoms with E-state index in [1.807, 2.05) is 6.20 Å². The van der Waals surface area contributed by atoms with Crippen LogP contribution >= 0.6 is 0 Å². The third-order valence-corrected chi connectivity index (χ3v) is 9.97. The van der Waals surface area contributed by atoms with Gasteiger partial charge >= 0.3 is 0 Å². The number of nitrogens with one attached hydrogen (secondary N) is 1. The first-order valence-corrected chi connectivity index (χ1v) is 11.9. The maximum atomic E-state index is 12.8. The Morgan fingerprint density at radius 2 is 1.83 bits per heavy atom. The molecule has 4 aliphatic rings. The summed E-state index contributed by atoms with van der Waals surface area (Å²) in [5.74, 6) is 2.98. The molecule has 0 heterocycles. The molecule has 0 aromatic heterocycles. The van der Waals surface area contributed by atoms with Gasteiger partial charge in [0.2, 0.25) is 0 Å². The minimum Gasteiger partial charge on any atom is -0.390 e. The van der Waals surface area contributed by atoms with Gasteiger partial charge in [-0.25, -0.2) is 0 Å². The van der Waals surface area contributed by atoms with Crippen molar-refractivity contribution in [2.24, 2.45) is 34.5 Å². The molecule has 4 nitrogen and oxygen atoms in total. The first kappa shape index (κ1) is 21.4. The SMILES string of the molecule is CN(C)CCN/C=C1\C[C@@]2(C)[C@@H](CC[C@@H]3[C@@H]2CC[C@@]2(C)[C@H]3CC[C@]2(C)O)CC1=O. The summed E-state index contributed by atoms with van der Waals surface area (Å²) in [6.07, 6.45) is 10.7. The molecular formula is C25H42N2O2. The Morgan fingerprint density at radius 1 is 1.10 bits per heavy atom. The van der Waals surface area contributed by atoms with Crippen LogP contribution in [0.25, 0.3) is 0 Å². The van der Waals surface area contributed by atoms with Crippen molar-refractivity contribution in [2.45, 2.75) is 77.7 Å². The molecule has 0 radical (unpaired) electrons. The van der Waals surface area contributed by atoms with Gasteiger partial charge in [0.15, 0.2) is 5.78 Å². The smallest absolute Gasteiger partial charge is 0.160 e. The number of rotatable bonds is 4. The standard InChI is InChI=1S/C25H42N2O2/c1-23-15-17(16-26-12-13-27(4)5)22(28)14-18(23)6-7-19-20(23)8-10-24(2)21(19)9-11-25(24,3)29/h16,18-21,26,29H,6-15H2,1-5H3/b17-16+/t18-,19+,20-,21-,23-,24-,25-/m0/s1. The van der Waals surface area contributed by atoms with Crippen LogP contribution in [0.4, 0.5) is 0 Å². The molecule has 0 bridgehead atoms. The van der Waals surface area contributed by atoms with Gasteiger partial charge in [0.25, 0.3) is 0 Å². The predicted molar refractivity (Wildman–Crippen MR) is 117 cm³/mol. The average molecular weight is 403 g/mol. The molecule has 4 heteroatoms. The molecule has 7 atom stereocenters. The molecule has 0 spiro atoms. The highest BCUT2D eigenvalue weighted by Gasteiger charge is 2.63. The molecule has 0 aliphatic heterocycles. The normalized spacial score (nSPS) is 48.4. The van der Waals surface area contributed by atoms with Crippen LogP contribution in [-0.4, -0.2) is 48.6 Å². The summed E-state index contributed by atoms with van der Waals surface area (Å²) in [6, 6.07) is 0. The average Bonchev–Trinajstić information content (AvgIpc) is 2.89. The number of hydrogen-bond acceptors (Lipinski definition) is 4. The molecule has 2 N–H and O–H groups in total. The number of carbonyl (C=O) groups is 1. The molecule has 4 aliphatic carbocycles. The third-order valence-electron chi connectivity index (χ3n) is 9.97. The van der Waals surface area contributed by atoms with Crippen LogP contribution in [0.3, 0.4) is 0 Å². The first-order chi connectivity index (χ1) is 13.6. The fourth-order valence-electron chi connectivity index (χ4n) is 7.87. The van der Waals surface area contributed by atoms with Crippen LogP contribution in [0, 0.1) is 34.5 Å². The summed E-state index contributed by atoms with van der Waals surface area (Å²) in [5, 5.41) is 14.5. The molecule has 4 fully saturated rings. The zero-order valence-corrected chi connectivity index (χ0v) is 19.3. The fourth-order valence-corrected chi connectivity index (χ4v) is 7.87. The van der Waals surface area contributed by atoms with Gasteiger partial charge in [-0.2, -0.15) is 0 Å². The van der Waals surface area contributed by atoms with Crippen molar-refractivity contribution in [1.29, 1.82) is 0 Å². The Bertz CT molecular complexity index is 684. The summed E-state index contributed by atoms with van der Waals surface area (Å²) in [6.45, 7) is 8.79. The fraction of sp³-hybridized carbons (Fsp3) is 0.880. The molecule has 4 saturated carbocycles. The predicted octanol–water partition coefficient (Wildman–Crippen LogP) is 3.99. The van der Waals surface area contributed by atoms with E-state index in [4.69, 9.17) is 0 Å². The number of fused-ring (bicyclic) bond motifs is 5. The van der Waals surface area contributed by atoms with E-state index in [1.54, 1.807) is 0 Å². The first-order valence-electron chi connectivity index (χ1n) is 11.9. The number of likely N-dealkylation sites (N-methyl/N-ethyl adjacent to an activating group) is 1. The summed E-state index contributed by atoms with van der Waals surface area (Å²) in [5.41, 5.74) is 0.829. The quantitative estimate of drug-likeness (QED) is 0.551. The highest BCUT2D eigenvalue weighted by molar-refractivity contribution is 5.96. The van der Waals surface area contributed by atoms with Crippen LogP contribution in [0.15, 0.2) is 11.8 Å². The topological polar surface area (TPSA) is 52.6 Å². The maximum Gasteiger partial charge on any atom is 0.160 e. The Labute approximate surface area is 177 Å². The largest absolute Gasteiger partial charge is 0.390 e. The number of carbonyl (C=O) groups excluding carboxylic acids is 1. The van der Waals surface area contributed by atoms with Gasteiger partial charge in [-0.05, 0) is 100 Å². The zero-order valence-electron chi connectivity index (χ0n) is 19.3. The Balaban J connectivity index is 1.53. The highest BCUT2D eigenvalue weighted by atomic mass is 16.3. The molecule has 0 aromatic rings. The maximum absolute atomic E-state index is 12.8. The van der Waals surface area contributed by atoms with Gasteiger partial charge in [0, 0.05) is 31.3 Å². The molecule has 0 amide bonds. The third kappa shape index (κ3) is 3.39. The number of ketones is 1. The molecule has 164 valence electrons. The second kappa shape index (κ2) is 7.37. The zero-order chi connectivity index (χ0) is 21.0. The van der Waals surface area contributed by atoms with Crippen molar-refractivity contribution in [3.8, 4) is 0 Å². The van der Waals surface area contributed by atoms with E-state index < -0.39 is 5.60 Å². The molecule has 0 unspecified atom stereocenters. The van der Waals surface area contributed by atoms with Crippen LogP contribution < -0.4 is 5.32 Å². The second-order valence-electron chi connectivity index (χ2n) is 11.7. The summed E-state index contributed by atoms with van der Waals surface area (Å²) < 4.78 is 0. The van der Waals surface area contributed by atoms with Crippen LogP contribution in [0.1, 0.15) is 72.1 Å². The minimum absolute atomic E-state index is 0.0776. The lowest BCUT2D eigenvalue weighted by molar-refractivity contribution is -0.147. The van der Waals surface area contributed by atoms with Crippen molar-refractivity contribution in [3.63, 3.8) is 0 Å². The number of hydrogen-bond donors (Lipinski definition) is 2. The van der Waals surface area contributed by atoms with E-state index in [1.165, 1.54) is 25.7 Å². The van der Waals surface area contributed by atoms with Crippen LogP contribution in [-0.2, 0) is 4.79 Å².